The van der Waals surface area contributed by atoms with Crippen molar-refractivity contribution in [1.29, 1.82) is 0 Å². The molecule has 2 nitrogen and oxygen atoms in total. The summed E-state index contributed by atoms with van der Waals surface area (Å²) < 4.78 is 0. The zero-order valence-electron chi connectivity index (χ0n) is 9.32. The number of aliphatic hydroxyl groups excluding tert-OH is 1. The summed E-state index contributed by atoms with van der Waals surface area (Å²) in [7, 11) is 0. The maximum atomic E-state index is 9.58. The Morgan fingerprint density at radius 1 is 1.31 bits per heavy atom. The molecule has 1 aromatic carbocycles. The van der Waals surface area contributed by atoms with Gasteiger partial charge < -0.3 is 10.8 Å². The molecule has 2 rings (SSSR count). The zero-order valence-corrected chi connectivity index (χ0v) is 10.1. The van der Waals surface area contributed by atoms with Crippen LogP contribution in [0.3, 0.4) is 0 Å². The van der Waals surface area contributed by atoms with Gasteiger partial charge >= 0.3 is 0 Å². The van der Waals surface area contributed by atoms with Crippen LogP contribution in [0, 0.1) is 0 Å². The molecule has 1 aliphatic carbocycles. The monoisotopic (exact) mass is 239 g/mol. The summed E-state index contributed by atoms with van der Waals surface area (Å²) in [5, 5.41) is 10.4. The van der Waals surface area contributed by atoms with Crippen LogP contribution in [0.5, 0.6) is 0 Å². The van der Waals surface area contributed by atoms with Gasteiger partial charge in [0.15, 0.2) is 0 Å². The number of benzene rings is 1. The fraction of sp³-hybridized carbons (Fsp3) is 0.538. The van der Waals surface area contributed by atoms with Crippen molar-refractivity contribution in [3.05, 3.63) is 34.9 Å². The van der Waals surface area contributed by atoms with Crippen molar-refractivity contribution in [3.63, 3.8) is 0 Å². The van der Waals surface area contributed by atoms with Gasteiger partial charge in [0.25, 0.3) is 0 Å². The summed E-state index contributed by atoms with van der Waals surface area (Å²) in [6.45, 7) is 0.601. The number of halogens is 1. The van der Waals surface area contributed by atoms with Crippen LogP contribution in [0.1, 0.15) is 31.2 Å². The van der Waals surface area contributed by atoms with Crippen molar-refractivity contribution in [2.45, 2.75) is 37.2 Å². The van der Waals surface area contributed by atoms with Crippen molar-refractivity contribution in [1.82, 2.24) is 0 Å². The minimum absolute atomic E-state index is 0.0302. The molecule has 0 saturated heterocycles. The lowest BCUT2D eigenvalue weighted by molar-refractivity contribution is 0.0975. The van der Waals surface area contributed by atoms with Gasteiger partial charge in [0.1, 0.15) is 0 Å². The molecule has 3 heteroatoms. The van der Waals surface area contributed by atoms with E-state index in [4.69, 9.17) is 17.3 Å². The van der Waals surface area contributed by atoms with Crippen LogP contribution in [-0.2, 0) is 5.41 Å². The summed E-state index contributed by atoms with van der Waals surface area (Å²) in [5.41, 5.74) is 7.06. The molecule has 0 bridgehead atoms. The maximum absolute atomic E-state index is 9.58. The highest BCUT2D eigenvalue weighted by Crippen LogP contribution is 2.41. The van der Waals surface area contributed by atoms with E-state index in [1.165, 1.54) is 0 Å². The highest BCUT2D eigenvalue weighted by Gasteiger charge is 2.36. The van der Waals surface area contributed by atoms with Gasteiger partial charge in [0.2, 0.25) is 0 Å². The molecule has 88 valence electrons. The van der Waals surface area contributed by atoms with Gasteiger partial charge in [-0.2, -0.15) is 0 Å². The maximum Gasteiger partial charge on any atom is 0.0541 e. The second-order valence-corrected chi connectivity index (χ2v) is 5.10. The molecule has 1 aliphatic rings. The third kappa shape index (κ3) is 2.10. The minimum Gasteiger partial charge on any atom is -0.393 e. The first kappa shape index (κ1) is 11.9. The van der Waals surface area contributed by atoms with Crippen LogP contribution >= 0.6 is 11.6 Å². The van der Waals surface area contributed by atoms with E-state index in [1.54, 1.807) is 0 Å². The van der Waals surface area contributed by atoms with E-state index in [0.717, 1.165) is 36.3 Å². The van der Waals surface area contributed by atoms with Crippen LogP contribution in [-0.4, -0.2) is 17.8 Å². The molecule has 0 radical (unpaired) electrons. The van der Waals surface area contributed by atoms with E-state index in [-0.39, 0.29) is 11.5 Å². The molecular formula is C13H18ClNO. The fourth-order valence-electron chi connectivity index (χ4n) is 2.63. The Bertz CT molecular complexity index is 359. The summed E-state index contributed by atoms with van der Waals surface area (Å²) in [6.07, 6.45) is 3.33. The van der Waals surface area contributed by atoms with Gasteiger partial charge in [0, 0.05) is 17.0 Å². The van der Waals surface area contributed by atoms with E-state index in [2.05, 4.69) is 6.07 Å². The highest BCUT2D eigenvalue weighted by molar-refractivity contribution is 6.31. The Kier molecular flexibility index (Phi) is 3.53. The lowest BCUT2D eigenvalue weighted by atomic mass is 9.69. The predicted molar refractivity (Wildman–Crippen MR) is 66.7 cm³/mol. The van der Waals surface area contributed by atoms with Crippen LogP contribution < -0.4 is 5.73 Å². The second kappa shape index (κ2) is 4.74. The topological polar surface area (TPSA) is 46.2 Å². The molecule has 0 atom stereocenters. The van der Waals surface area contributed by atoms with E-state index in [0.29, 0.717) is 6.54 Å². The van der Waals surface area contributed by atoms with Crippen molar-refractivity contribution >= 4 is 11.6 Å². The molecule has 0 unspecified atom stereocenters. The average molecular weight is 240 g/mol. The first-order valence-corrected chi connectivity index (χ1v) is 6.19. The average Bonchev–Trinajstić information content (AvgIpc) is 2.32. The normalized spacial score (nSPS) is 30.3. The Hall–Kier alpha value is -0.570. The summed E-state index contributed by atoms with van der Waals surface area (Å²) in [4.78, 5) is 0. The lowest BCUT2D eigenvalue weighted by Gasteiger charge is -2.39. The Morgan fingerprint density at radius 2 is 1.94 bits per heavy atom. The van der Waals surface area contributed by atoms with Gasteiger partial charge in [-0.1, -0.05) is 29.8 Å². The highest BCUT2D eigenvalue weighted by atomic mass is 35.5. The molecule has 1 aromatic rings. The summed E-state index contributed by atoms with van der Waals surface area (Å²) in [6, 6.07) is 7.92. The zero-order chi connectivity index (χ0) is 11.6. The van der Waals surface area contributed by atoms with Crippen LogP contribution in [0.4, 0.5) is 0 Å². The third-order valence-corrected chi connectivity index (χ3v) is 4.08. The Morgan fingerprint density at radius 3 is 2.50 bits per heavy atom. The number of nitrogens with two attached hydrogens (primary N) is 1. The molecule has 1 fully saturated rings. The van der Waals surface area contributed by atoms with E-state index in [1.807, 2.05) is 18.2 Å². The van der Waals surface area contributed by atoms with Crippen molar-refractivity contribution in [2.75, 3.05) is 6.54 Å². The largest absolute Gasteiger partial charge is 0.393 e. The smallest absolute Gasteiger partial charge is 0.0541 e. The first-order valence-electron chi connectivity index (χ1n) is 5.81. The molecule has 1 saturated carbocycles. The van der Waals surface area contributed by atoms with Crippen molar-refractivity contribution in [2.24, 2.45) is 5.73 Å². The van der Waals surface area contributed by atoms with Crippen LogP contribution in [0.2, 0.25) is 5.02 Å². The summed E-state index contributed by atoms with van der Waals surface area (Å²) >= 11 is 6.24. The van der Waals surface area contributed by atoms with E-state index < -0.39 is 0 Å². The number of hydrogen-bond donors (Lipinski definition) is 2. The number of hydrogen-bond acceptors (Lipinski definition) is 2. The van der Waals surface area contributed by atoms with Gasteiger partial charge in [-0.25, -0.2) is 0 Å². The quantitative estimate of drug-likeness (QED) is 0.833. The SMILES string of the molecule is NCC1(c2ccccc2Cl)CCC(O)CC1. The van der Waals surface area contributed by atoms with Crippen LogP contribution in [0.25, 0.3) is 0 Å². The molecule has 0 aliphatic heterocycles. The third-order valence-electron chi connectivity index (χ3n) is 3.75. The molecule has 0 spiro atoms. The number of aliphatic hydroxyl groups is 1. The second-order valence-electron chi connectivity index (χ2n) is 4.70. The van der Waals surface area contributed by atoms with E-state index in [9.17, 15) is 5.11 Å². The molecule has 3 N–H and O–H groups in total. The lowest BCUT2D eigenvalue weighted by Crippen LogP contribution is -2.40. The standard InChI is InChI=1S/C13H18ClNO/c14-12-4-2-1-3-11(12)13(9-15)7-5-10(16)6-8-13/h1-4,10,16H,5-9,15H2. The predicted octanol–water partition coefficient (Wildman–Crippen LogP) is 2.47. The molecular weight excluding hydrogens is 222 g/mol. The Balaban J connectivity index is 2.32. The molecule has 0 amide bonds. The van der Waals surface area contributed by atoms with Gasteiger partial charge in [-0.15, -0.1) is 0 Å². The Labute approximate surface area is 101 Å². The van der Waals surface area contributed by atoms with Crippen LogP contribution in [0.15, 0.2) is 24.3 Å². The minimum atomic E-state index is -0.165. The molecule has 0 aromatic heterocycles. The first-order chi connectivity index (χ1) is 7.68. The fourth-order valence-corrected chi connectivity index (χ4v) is 2.97. The van der Waals surface area contributed by atoms with Gasteiger partial charge in [-0.05, 0) is 37.3 Å². The van der Waals surface area contributed by atoms with Crippen molar-refractivity contribution in [3.8, 4) is 0 Å². The van der Waals surface area contributed by atoms with Gasteiger partial charge in [-0.3, -0.25) is 0 Å². The summed E-state index contributed by atoms with van der Waals surface area (Å²) in [5.74, 6) is 0. The van der Waals surface area contributed by atoms with E-state index >= 15 is 0 Å². The number of rotatable bonds is 2. The molecule has 16 heavy (non-hydrogen) atoms. The van der Waals surface area contributed by atoms with Gasteiger partial charge in [0.05, 0.1) is 6.10 Å². The molecule has 0 heterocycles. The van der Waals surface area contributed by atoms with Crippen molar-refractivity contribution < 1.29 is 5.11 Å².